The summed E-state index contributed by atoms with van der Waals surface area (Å²) < 4.78 is 11.6. The van der Waals surface area contributed by atoms with E-state index in [1.165, 1.54) is 17.7 Å². The summed E-state index contributed by atoms with van der Waals surface area (Å²) in [6.45, 7) is 4.77. The highest BCUT2D eigenvalue weighted by Gasteiger charge is 2.29. The molecule has 0 radical (unpaired) electrons. The van der Waals surface area contributed by atoms with E-state index in [1.54, 1.807) is 38.1 Å². The van der Waals surface area contributed by atoms with E-state index in [9.17, 15) is 19.2 Å². The van der Waals surface area contributed by atoms with Gasteiger partial charge in [-0.05, 0) is 56.7 Å². The Hall–Kier alpha value is -3.53. The van der Waals surface area contributed by atoms with Crippen molar-refractivity contribution in [3.05, 3.63) is 57.0 Å². The first-order valence-corrected chi connectivity index (χ1v) is 12.3. The summed E-state index contributed by atoms with van der Waals surface area (Å²) >= 11 is 1.36. The average molecular weight is 498 g/mol. The number of aromatic nitrogens is 2. The highest BCUT2D eigenvalue weighted by Crippen LogP contribution is 2.40. The first kappa shape index (κ1) is 24.6. The number of esters is 2. The quantitative estimate of drug-likeness (QED) is 0.498. The molecule has 0 saturated carbocycles. The van der Waals surface area contributed by atoms with Crippen molar-refractivity contribution in [2.75, 3.05) is 11.9 Å². The predicted octanol–water partition coefficient (Wildman–Crippen LogP) is 3.33. The molecule has 10 heteroatoms. The largest absolute Gasteiger partial charge is 0.459 e. The van der Waals surface area contributed by atoms with Crippen molar-refractivity contribution in [3.63, 3.8) is 0 Å². The van der Waals surface area contributed by atoms with Crippen molar-refractivity contribution >= 4 is 45.1 Å². The molecule has 1 amide bonds. The summed E-state index contributed by atoms with van der Waals surface area (Å²) in [4.78, 5) is 55.4. The highest BCUT2D eigenvalue weighted by atomic mass is 32.1. The Labute approximate surface area is 206 Å². The Balaban J connectivity index is 1.42. The molecule has 3 aromatic rings. The molecule has 0 saturated heterocycles. The molecule has 0 bridgehead atoms. The lowest BCUT2D eigenvalue weighted by Gasteiger charge is -2.18. The minimum absolute atomic E-state index is 0.293. The van der Waals surface area contributed by atoms with E-state index >= 15 is 0 Å². The number of thiophene rings is 1. The van der Waals surface area contributed by atoms with Crippen molar-refractivity contribution in [1.82, 2.24) is 9.55 Å². The first-order valence-electron chi connectivity index (χ1n) is 11.5. The summed E-state index contributed by atoms with van der Waals surface area (Å²) in [6, 6.07) is 6.82. The summed E-state index contributed by atoms with van der Waals surface area (Å²) in [5.74, 6) is -1.30. The molecule has 184 valence electrons. The van der Waals surface area contributed by atoms with E-state index in [0.717, 1.165) is 34.3 Å². The van der Waals surface area contributed by atoms with E-state index in [-0.39, 0.29) is 18.2 Å². The maximum absolute atomic E-state index is 12.8. The Morgan fingerprint density at radius 2 is 2.03 bits per heavy atom. The molecule has 0 unspecified atom stereocenters. The van der Waals surface area contributed by atoms with Crippen molar-refractivity contribution in [2.45, 2.75) is 52.7 Å². The smallest absolute Gasteiger partial charge is 0.341 e. The number of hydrogen-bond acceptors (Lipinski definition) is 8. The summed E-state index contributed by atoms with van der Waals surface area (Å²) in [5.41, 5.74) is 1.47. The molecule has 4 rings (SSSR count). The molecule has 0 aliphatic heterocycles. The maximum Gasteiger partial charge on any atom is 0.341 e. The van der Waals surface area contributed by atoms with Gasteiger partial charge in [0.25, 0.3) is 11.5 Å². The summed E-state index contributed by atoms with van der Waals surface area (Å²) in [5, 5.41) is 3.51. The number of anilines is 1. The van der Waals surface area contributed by atoms with E-state index < -0.39 is 24.5 Å². The second kappa shape index (κ2) is 10.4. The molecule has 1 N–H and O–H groups in total. The fourth-order valence-corrected chi connectivity index (χ4v) is 5.46. The number of fused-ring (bicyclic) bond motifs is 2. The van der Waals surface area contributed by atoms with Crippen LogP contribution in [0, 0.1) is 5.92 Å². The van der Waals surface area contributed by atoms with Crippen LogP contribution >= 0.6 is 11.3 Å². The third-order valence-electron chi connectivity index (χ3n) is 5.71. The number of rotatable bonds is 7. The van der Waals surface area contributed by atoms with Crippen LogP contribution in [0.5, 0.6) is 0 Å². The number of nitrogens with zero attached hydrogens (tertiary/aromatic N) is 2. The molecule has 0 spiro atoms. The van der Waals surface area contributed by atoms with Gasteiger partial charge in [-0.25, -0.2) is 9.78 Å². The second-order valence-corrected chi connectivity index (χ2v) is 10.0. The van der Waals surface area contributed by atoms with Crippen LogP contribution in [-0.4, -0.2) is 40.1 Å². The molecule has 2 aromatic heterocycles. The topological polar surface area (TPSA) is 117 Å². The van der Waals surface area contributed by atoms with Gasteiger partial charge in [0.1, 0.15) is 11.5 Å². The van der Waals surface area contributed by atoms with Gasteiger partial charge < -0.3 is 14.8 Å². The van der Waals surface area contributed by atoms with E-state index in [2.05, 4.69) is 17.2 Å². The Bertz CT molecular complexity index is 1340. The van der Waals surface area contributed by atoms with Gasteiger partial charge in [-0.15, -0.1) is 11.3 Å². The van der Waals surface area contributed by atoms with Crippen LogP contribution in [0.3, 0.4) is 0 Å². The van der Waals surface area contributed by atoms with E-state index in [4.69, 9.17) is 9.47 Å². The summed E-state index contributed by atoms with van der Waals surface area (Å²) in [7, 11) is 0. The molecular formula is C25H27N3O6S. The van der Waals surface area contributed by atoms with Crippen LogP contribution in [0.1, 0.15) is 48.0 Å². The average Bonchev–Trinajstić information content (AvgIpc) is 3.16. The van der Waals surface area contributed by atoms with Gasteiger partial charge in [-0.1, -0.05) is 19.1 Å². The van der Waals surface area contributed by atoms with Gasteiger partial charge in [0.2, 0.25) is 0 Å². The number of carbonyl (C=O) groups excluding carboxylic acids is 3. The minimum Gasteiger partial charge on any atom is -0.459 e. The lowest BCUT2D eigenvalue weighted by Crippen LogP contribution is -2.28. The molecular weight excluding hydrogens is 470 g/mol. The third-order valence-corrected chi connectivity index (χ3v) is 6.88. The number of amides is 1. The van der Waals surface area contributed by atoms with Crippen LogP contribution in [0.2, 0.25) is 0 Å². The van der Waals surface area contributed by atoms with Gasteiger partial charge in [0, 0.05) is 4.88 Å². The maximum atomic E-state index is 12.8. The van der Waals surface area contributed by atoms with Crippen LogP contribution in [0.4, 0.5) is 5.00 Å². The van der Waals surface area contributed by atoms with Gasteiger partial charge in [0.05, 0.1) is 28.9 Å². The lowest BCUT2D eigenvalue weighted by atomic mass is 9.88. The number of para-hydroxylation sites is 1. The lowest BCUT2D eigenvalue weighted by molar-refractivity contribution is -0.147. The minimum atomic E-state index is -0.752. The number of hydrogen-bond donors (Lipinski definition) is 1. The number of ether oxygens (including phenoxy) is 2. The number of nitrogens with one attached hydrogen (secondary N) is 1. The first-order chi connectivity index (χ1) is 16.7. The number of benzene rings is 1. The van der Waals surface area contributed by atoms with Gasteiger partial charge in [-0.2, -0.15) is 0 Å². The van der Waals surface area contributed by atoms with E-state index in [0.29, 0.717) is 27.4 Å². The van der Waals surface area contributed by atoms with Gasteiger partial charge in [-0.3, -0.25) is 19.0 Å². The Morgan fingerprint density at radius 1 is 1.26 bits per heavy atom. The van der Waals surface area contributed by atoms with Gasteiger partial charge in [0.15, 0.2) is 6.61 Å². The monoisotopic (exact) mass is 497 g/mol. The third kappa shape index (κ3) is 5.59. The zero-order valence-corrected chi connectivity index (χ0v) is 20.6. The zero-order valence-electron chi connectivity index (χ0n) is 19.8. The van der Waals surface area contributed by atoms with Crippen molar-refractivity contribution in [2.24, 2.45) is 5.92 Å². The van der Waals surface area contributed by atoms with Crippen LogP contribution < -0.4 is 10.9 Å². The number of carbonyl (C=O) groups is 3. The van der Waals surface area contributed by atoms with Crippen molar-refractivity contribution in [3.8, 4) is 0 Å². The Kier molecular flexibility index (Phi) is 7.30. The van der Waals surface area contributed by atoms with Crippen molar-refractivity contribution in [1.29, 1.82) is 0 Å². The molecule has 9 nitrogen and oxygen atoms in total. The summed E-state index contributed by atoms with van der Waals surface area (Å²) in [6.07, 6.45) is 3.52. The molecule has 35 heavy (non-hydrogen) atoms. The Morgan fingerprint density at radius 3 is 2.80 bits per heavy atom. The highest BCUT2D eigenvalue weighted by molar-refractivity contribution is 7.17. The molecule has 1 aromatic carbocycles. The second-order valence-electron chi connectivity index (χ2n) is 8.91. The fraction of sp³-hybridized carbons (Fsp3) is 0.400. The predicted molar refractivity (Wildman–Crippen MR) is 132 cm³/mol. The molecule has 1 aliphatic carbocycles. The van der Waals surface area contributed by atoms with Crippen LogP contribution in [0.25, 0.3) is 10.9 Å². The van der Waals surface area contributed by atoms with Crippen LogP contribution in [-0.2, 0) is 38.4 Å². The van der Waals surface area contributed by atoms with Crippen molar-refractivity contribution < 1.29 is 23.9 Å². The molecule has 1 aliphatic rings. The molecule has 0 fully saturated rings. The normalized spacial score (nSPS) is 15.0. The van der Waals surface area contributed by atoms with E-state index in [1.807, 2.05) is 0 Å². The fourth-order valence-electron chi connectivity index (χ4n) is 4.04. The molecule has 2 heterocycles. The zero-order chi connectivity index (χ0) is 25.1. The molecule has 1 atom stereocenters. The van der Waals surface area contributed by atoms with Crippen LogP contribution in [0.15, 0.2) is 35.4 Å². The van der Waals surface area contributed by atoms with Gasteiger partial charge >= 0.3 is 11.9 Å². The SMILES string of the molecule is CC(C)OC(=O)c1c(NC(=O)COC(=O)Cn2cnc3ccccc3c2=O)sc2c1CC[C@H](C)C2. The standard InChI is InChI=1S/C25H27N3O6S/c1-14(2)34-25(32)22-17-9-8-15(3)10-19(17)35-23(22)27-20(29)12-33-21(30)11-28-13-26-18-7-5-4-6-16(18)24(28)31/h4-7,13-15H,8-12H2,1-3H3,(H,27,29)/t15-/m0/s1.